The lowest BCUT2D eigenvalue weighted by atomic mass is 10.1. The fourth-order valence-corrected chi connectivity index (χ4v) is 2.12. The fraction of sp³-hybridized carbons (Fsp3) is 0.533. The van der Waals surface area contributed by atoms with Crippen LogP contribution in [0, 0.1) is 0 Å². The molecule has 2 rings (SSSR count). The van der Waals surface area contributed by atoms with Gasteiger partial charge in [0.1, 0.15) is 5.75 Å². The van der Waals surface area contributed by atoms with Gasteiger partial charge in [0.25, 0.3) is 5.91 Å². The highest BCUT2D eigenvalue weighted by Crippen LogP contribution is 2.26. The van der Waals surface area contributed by atoms with Crippen molar-refractivity contribution in [3.8, 4) is 5.75 Å². The van der Waals surface area contributed by atoms with E-state index >= 15 is 0 Å². The van der Waals surface area contributed by atoms with Crippen molar-refractivity contribution in [2.45, 2.75) is 38.8 Å². The molecule has 0 saturated heterocycles. The molecule has 4 nitrogen and oxygen atoms in total. The van der Waals surface area contributed by atoms with Gasteiger partial charge in [-0.15, -0.1) is 0 Å². The number of hydrogen-bond acceptors (Lipinski definition) is 3. The molecule has 0 bridgehead atoms. The van der Waals surface area contributed by atoms with E-state index in [0.29, 0.717) is 11.8 Å². The van der Waals surface area contributed by atoms with Crippen LogP contribution >= 0.6 is 0 Å². The highest BCUT2D eigenvalue weighted by molar-refractivity contribution is 5.78. The predicted molar refractivity (Wildman–Crippen MR) is 73.0 cm³/mol. The Kier molecular flexibility index (Phi) is 4.43. The molecular formula is C15H21NO3. The van der Waals surface area contributed by atoms with Crippen LogP contribution in [-0.4, -0.2) is 35.1 Å². The Morgan fingerprint density at radius 2 is 2.26 bits per heavy atom. The van der Waals surface area contributed by atoms with E-state index in [4.69, 9.17) is 4.74 Å². The van der Waals surface area contributed by atoms with Crippen LogP contribution in [0.5, 0.6) is 5.75 Å². The van der Waals surface area contributed by atoms with Crippen LogP contribution < -0.4 is 4.74 Å². The third-order valence-electron chi connectivity index (χ3n) is 3.35. The highest BCUT2D eigenvalue weighted by Gasteiger charge is 2.31. The SMILES string of the molecule is CCN(C(=O)COc1cccc([C@@H](C)O)c1)C1CC1. The number of hydrogen-bond donors (Lipinski definition) is 1. The molecule has 0 aromatic heterocycles. The number of carbonyl (C=O) groups excluding carboxylic acids is 1. The van der Waals surface area contributed by atoms with Gasteiger partial charge in [0, 0.05) is 12.6 Å². The van der Waals surface area contributed by atoms with Gasteiger partial charge in [-0.1, -0.05) is 12.1 Å². The molecule has 1 atom stereocenters. The van der Waals surface area contributed by atoms with E-state index in [2.05, 4.69) is 0 Å². The second-order valence-corrected chi connectivity index (χ2v) is 4.95. The summed E-state index contributed by atoms with van der Waals surface area (Å²) in [6.45, 7) is 4.49. The molecule has 0 radical (unpaired) electrons. The summed E-state index contributed by atoms with van der Waals surface area (Å²) in [7, 11) is 0. The standard InChI is InChI=1S/C15H21NO3/c1-3-16(13-7-8-13)15(18)10-19-14-6-4-5-12(9-14)11(2)17/h4-6,9,11,13,17H,3,7-8,10H2,1-2H3/t11-/m1/s1. The van der Waals surface area contributed by atoms with Gasteiger partial charge in [-0.05, 0) is 44.4 Å². The lowest BCUT2D eigenvalue weighted by Crippen LogP contribution is -2.36. The summed E-state index contributed by atoms with van der Waals surface area (Å²) in [6.07, 6.45) is 1.69. The minimum atomic E-state index is -0.530. The highest BCUT2D eigenvalue weighted by atomic mass is 16.5. The molecule has 0 heterocycles. The van der Waals surface area contributed by atoms with Crippen molar-refractivity contribution in [3.05, 3.63) is 29.8 Å². The first-order chi connectivity index (χ1) is 9.11. The average molecular weight is 263 g/mol. The minimum absolute atomic E-state index is 0.0347. The van der Waals surface area contributed by atoms with Crippen LogP contribution in [-0.2, 0) is 4.79 Å². The molecule has 1 saturated carbocycles. The third-order valence-corrected chi connectivity index (χ3v) is 3.35. The Hall–Kier alpha value is -1.55. The molecule has 0 spiro atoms. The monoisotopic (exact) mass is 263 g/mol. The molecule has 104 valence electrons. The summed E-state index contributed by atoms with van der Waals surface area (Å²) in [6, 6.07) is 7.64. The van der Waals surface area contributed by atoms with E-state index in [9.17, 15) is 9.90 Å². The number of carbonyl (C=O) groups is 1. The number of amides is 1. The van der Waals surface area contributed by atoms with Gasteiger partial charge in [-0.25, -0.2) is 0 Å². The van der Waals surface area contributed by atoms with E-state index in [1.54, 1.807) is 19.1 Å². The minimum Gasteiger partial charge on any atom is -0.484 e. The summed E-state index contributed by atoms with van der Waals surface area (Å²) >= 11 is 0. The molecule has 0 unspecified atom stereocenters. The number of ether oxygens (including phenoxy) is 1. The lowest BCUT2D eigenvalue weighted by molar-refractivity contribution is -0.133. The average Bonchev–Trinajstić information content (AvgIpc) is 3.22. The summed E-state index contributed by atoms with van der Waals surface area (Å²) in [5, 5.41) is 9.50. The van der Waals surface area contributed by atoms with Crippen LogP contribution in [0.15, 0.2) is 24.3 Å². The van der Waals surface area contributed by atoms with E-state index in [0.717, 1.165) is 24.9 Å². The van der Waals surface area contributed by atoms with Crippen molar-refractivity contribution in [3.63, 3.8) is 0 Å². The van der Waals surface area contributed by atoms with Crippen molar-refractivity contribution in [2.75, 3.05) is 13.2 Å². The number of likely N-dealkylation sites (N-methyl/N-ethyl adjacent to an activating group) is 1. The smallest absolute Gasteiger partial charge is 0.260 e. The van der Waals surface area contributed by atoms with E-state index in [-0.39, 0.29) is 12.5 Å². The molecule has 1 fully saturated rings. The van der Waals surface area contributed by atoms with Crippen LogP contribution in [0.25, 0.3) is 0 Å². The van der Waals surface area contributed by atoms with Gasteiger partial charge in [-0.3, -0.25) is 4.79 Å². The molecule has 4 heteroatoms. The Morgan fingerprint density at radius 3 is 2.84 bits per heavy atom. The summed E-state index contributed by atoms with van der Waals surface area (Å²) in [4.78, 5) is 13.9. The van der Waals surface area contributed by atoms with Gasteiger partial charge in [-0.2, -0.15) is 0 Å². The molecule has 19 heavy (non-hydrogen) atoms. The topological polar surface area (TPSA) is 49.8 Å². The first-order valence-electron chi connectivity index (χ1n) is 6.82. The van der Waals surface area contributed by atoms with Crippen LogP contribution in [0.3, 0.4) is 0 Å². The van der Waals surface area contributed by atoms with Crippen molar-refractivity contribution >= 4 is 5.91 Å². The predicted octanol–water partition coefficient (Wildman–Crippen LogP) is 2.13. The molecule has 1 aliphatic carbocycles. The molecule has 1 aliphatic rings. The van der Waals surface area contributed by atoms with Crippen molar-refractivity contribution in [1.82, 2.24) is 4.90 Å². The molecule has 0 aliphatic heterocycles. The zero-order valence-electron chi connectivity index (χ0n) is 11.5. The Morgan fingerprint density at radius 1 is 1.53 bits per heavy atom. The van der Waals surface area contributed by atoms with Gasteiger partial charge < -0.3 is 14.7 Å². The van der Waals surface area contributed by atoms with E-state index < -0.39 is 6.10 Å². The van der Waals surface area contributed by atoms with Crippen molar-refractivity contribution in [1.29, 1.82) is 0 Å². The molecule has 1 N–H and O–H groups in total. The number of aliphatic hydroxyl groups excluding tert-OH is 1. The maximum absolute atomic E-state index is 12.0. The van der Waals surface area contributed by atoms with Gasteiger partial charge >= 0.3 is 0 Å². The maximum Gasteiger partial charge on any atom is 0.260 e. The first-order valence-corrected chi connectivity index (χ1v) is 6.82. The van der Waals surface area contributed by atoms with Crippen molar-refractivity contribution < 1.29 is 14.6 Å². The number of aliphatic hydroxyl groups is 1. The molecular weight excluding hydrogens is 242 g/mol. The van der Waals surface area contributed by atoms with Crippen LogP contribution in [0.2, 0.25) is 0 Å². The van der Waals surface area contributed by atoms with Gasteiger partial charge in [0.05, 0.1) is 6.10 Å². The second kappa shape index (κ2) is 6.06. The Labute approximate surface area is 114 Å². The summed E-state index contributed by atoms with van der Waals surface area (Å²) in [5.74, 6) is 0.658. The zero-order valence-corrected chi connectivity index (χ0v) is 11.5. The number of benzene rings is 1. The largest absolute Gasteiger partial charge is 0.484 e. The summed E-state index contributed by atoms with van der Waals surface area (Å²) in [5.41, 5.74) is 0.791. The fourth-order valence-electron chi connectivity index (χ4n) is 2.12. The first kappa shape index (κ1) is 13.9. The van der Waals surface area contributed by atoms with Crippen LogP contribution in [0.1, 0.15) is 38.4 Å². The maximum atomic E-state index is 12.0. The second-order valence-electron chi connectivity index (χ2n) is 4.95. The van der Waals surface area contributed by atoms with E-state index in [1.807, 2.05) is 24.0 Å². The Balaban J connectivity index is 1.90. The third kappa shape index (κ3) is 3.70. The Bertz CT molecular complexity index is 441. The molecule has 1 aromatic carbocycles. The lowest BCUT2D eigenvalue weighted by Gasteiger charge is -2.20. The normalized spacial score (nSPS) is 15.9. The number of nitrogens with zero attached hydrogens (tertiary/aromatic N) is 1. The van der Waals surface area contributed by atoms with Crippen LogP contribution in [0.4, 0.5) is 0 Å². The van der Waals surface area contributed by atoms with E-state index in [1.165, 1.54) is 0 Å². The number of rotatable bonds is 6. The zero-order chi connectivity index (χ0) is 13.8. The quantitative estimate of drug-likeness (QED) is 0.855. The van der Waals surface area contributed by atoms with Gasteiger partial charge in [0.15, 0.2) is 6.61 Å². The molecule has 1 amide bonds. The molecule has 1 aromatic rings. The van der Waals surface area contributed by atoms with Gasteiger partial charge in [0.2, 0.25) is 0 Å². The summed E-state index contributed by atoms with van der Waals surface area (Å²) < 4.78 is 5.52. The van der Waals surface area contributed by atoms with Crippen molar-refractivity contribution in [2.24, 2.45) is 0 Å².